The lowest BCUT2D eigenvalue weighted by Gasteiger charge is -2.18. The van der Waals surface area contributed by atoms with E-state index in [1.807, 2.05) is 36.1 Å². The highest BCUT2D eigenvalue weighted by atomic mass is 32.2. The summed E-state index contributed by atoms with van der Waals surface area (Å²) in [7, 11) is 0. The van der Waals surface area contributed by atoms with Crippen molar-refractivity contribution in [2.45, 2.75) is 24.7 Å². The van der Waals surface area contributed by atoms with Crippen LogP contribution in [0.5, 0.6) is 0 Å². The van der Waals surface area contributed by atoms with Crippen LogP contribution in [0.1, 0.15) is 19.8 Å². The number of hydrogen-bond donors (Lipinski definition) is 1. The molecule has 0 saturated carbocycles. The molecule has 2 amide bonds. The summed E-state index contributed by atoms with van der Waals surface area (Å²) in [6, 6.07) is 9.95. The van der Waals surface area contributed by atoms with Crippen molar-refractivity contribution in [1.82, 2.24) is 4.90 Å². The Bertz CT molecular complexity index is 506. The van der Waals surface area contributed by atoms with Crippen molar-refractivity contribution in [3.63, 3.8) is 0 Å². The van der Waals surface area contributed by atoms with Gasteiger partial charge in [0.05, 0.1) is 17.7 Å². The largest absolute Gasteiger partial charge is 0.325 e. The maximum atomic E-state index is 12.1. The van der Waals surface area contributed by atoms with Crippen molar-refractivity contribution < 1.29 is 4.79 Å². The third kappa shape index (κ3) is 3.91. The molecular formula is C15H19N3OS. The van der Waals surface area contributed by atoms with Gasteiger partial charge in [-0.25, -0.2) is 4.79 Å². The Morgan fingerprint density at radius 1 is 1.45 bits per heavy atom. The molecule has 4 nitrogen and oxygen atoms in total. The highest BCUT2D eigenvalue weighted by Gasteiger charge is 2.18. The van der Waals surface area contributed by atoms with Gasteiger partial charge in [0, 0.05) is 23.7 Å². The first-order chi connectivity index (χ1) is 9.70. The summed E-state index contributed by atoms with van der Waals surface area (Å²) >= 11 is 1.61. The van der Waals surface area contributed by atoms with Crippen LogP contribution in [-0.2, 0) is 0 Å². The lowest BCUT2D eigenvalue weighted by Crippen LogP contribution is -2.32. The number of hydrogen-bond acceptors (Lipinski definition) is 3. The van der Waals surface area contributed by atoms with E-state index in [2.05, 4.69) is 11.4 Å². The molecule has 5 heteroatoms. The number of thioether (sulfide) groups is 1. The number of urea groups is 1. The fraction of sp³-hybridized carbons (Fsp3) is 0.467. The molecule has 1 atom stereocenters. The second kappa shape index (κ2) is 7.20. The Labute approximate surface area is 124 Å². The number of nitrogens with one attached hydrogen (secondary N) is 1. The standard InChI is InChI=1S/C15H19N3OS/c1-12(10-16)11-20-14-7-3-2-6-13(14)17-15(19)18-8-4-5-9-18/h2-3,6-7,12H,4-5,8-9,11H2,1H3,(H,17,19). The number of amides is 2. The van der Waals surface area contributed by atoms with E-state index >= 15 is 0 Å². The number of anilines is 1. The van der Waals surface area contributed by atoms with Gasteiger partial charge in [-0.2, -0.15) is 5.26 Å². The Balaban J connectivity index is 2.00. The van der Waals surface area contributed by atoms with E-state index in [1.165, 1.54) is 0 Å². The van der Waals surface area contributed by atoms with Gasteiger partial charge in [-0.1, -0.05) is 12.1 Å². The SMILES string of the molecule is CC(C#N)CSc1ccccc1NC(=O)N1CCCC1. The lowest BCUT2D eigenvalue weighted by atomic mass is 10.3. The van der Waals surface area contributed by atoms with Gasteiger partial charge in [0.15, 0.2) is 0 Å². The molecule has 0 radical (unpaired) electrons. The van der Waals surface area contributed by atoms with Crippen LogP contribution in [0.25, 0.3) is 0 Å². The Morgan fingerprint density at radius 3 is 2.85 bits per heavy atom. The predicted molar refractivity (Wildman–Crippen MR) is 81.8 cm³/mol. The number of benzene rings is 1. The Hall–Kier alpha value is -1.67. The van der Waals surface area contributed by atoms with E-state index in [9.17, 15) is 4.79 Å². The highest BCUT2D eigenvalue weighted by Crippen LogP contribution is 2.28. The molecule has 1 aromatic carbocycles. The van der Waals surface area contributed by atoms with Crippen LogP contribution >= 0.6 is 11.8 Å². The Kier molecular flexibility index (Phi) is 5.31. The molecule has 1 fully saturated rings. The van der Waals surface area contributed by atoms with Gasteiger partial charge in [0.1, 0.15) is 0 Å². The highest BCUT2D eigenvalue weighted by molar-refractivity contribution is 7.99. The second-order valence-electron chi connectivity index (χ2n) is 4.96. The number of carbonyl (C=O) groups is 1. The average molecular weight is 289 g/mol. The topological polar surface area (TPSA) is 56.1 Å². The van der Waals surface area contributed by atoms with Crippen molar-refractivity contribution in [3.8, 4) is 6.07 Å². The maximum absolute atomic E-state index is 12.1. The van der Waals surface area contributed by atoms with E-state index < -0.39 is 0 Å². The van der Waals surface area contributed by atoms with E-state index in [4.69, 9.17) is 5.26 Å². The molecule has 0 spiro atoms. The van der Waals surface area contributed by atoms with Crippen molar-refractivity contribution in [3.05, 3.63) is 24.3 Å². The number of carbonyl (C=O) groups excluding carboxylic acids is 1. The molecule has 20 heavy (non-hydrogen) atoms. The van der Waals surface area contributed by atoms with Crippen LogP contribution in [0, 0.1) is 17.2 Å². The molecule has 2 rings (SSSR count). The monoisotopic (exact) mass is 289 g/mol. The zero-order valence-electron chi connectivity index (χ0n) is 11.6. The first kappa shape index (κ1) is 14.7. The number of likely N-dealkylation sites (tertiary alicyclic amines) is 1. The summed E-state index contributed by atoms with van der Waals surface area (Å²) in [4.78, 5) is 15.0. The normalized spacial score (nSPS) is 15.7. The molecule has 1 heterocycles. The van der Waals surface area contributed by atoms with E-state index in [-0.39, 0.29) is 11.9 Å². The molecule has 1 N–H and O–H groups in total. The molecule has 0 bridgehead atoms. The van der Waals surface area contributed by atoms with Crippen molar-refractivity contribution in [2.24, 2.45) is 5.92 Å². The minimum atomic E-state index is -0.0242. The number of para-hydroxylation sites is 1. The summed E-state index contributed by atoms with van der Waals surface area (Å²) in [5.74, 6) is 0.731. The third-order valence-corrected chi connectivity index (χ3v) is 4.56. The number of nitrogens with zero attached hydrogens (tertiary/aromatic N) is 2. The molecule has 1 unspecified atom stereocenters. The fourth-order valence-electron chi connectivity index (χ4n) is 2.06. The van der Waals surface area contributed by atoms with Gasteiger partial charge >= 0.3 is 6.03 Å². The fourth-order valence-corrected chi connectivity index (χ4v) is 3.02. The number of rotatable bonds is 4. The predicted octanol–water partition coefficient (Wildman–Crippen LogP) is 3.57. The van der Waals surface area contributed by atoms with Crippen molar-refractivity contribution in [2.75, 3.05) is 24.2 Å². The maximum Gasteiger partial charge on any atom is 0.321 e. The average Bonchev–Trinajstić information content (AvgIpc) is 3.00. The van der Waals surface area contributed by atoms with E-state index in [0.717, 1.165) is 42.3 Å². The van der Waals surface area contributed by atoms with E-state index in [1.54, 1.807) is 11.8 Å². The molecule has 106 valence electrons. The van der Waals surface area contributed by atoms with Crippen LogP contribution in [0.15, 0.2) is 29.2 Å². The Morgan fingerprint density at radius 2 is 2.15 bits per heavy atom. The van der Waals surface area contributed by atoms with Crippen LogP contribution in [0.3, 0.4) is 0 Å². The van der Waals surface area contributed by atoms with Crippen molar-refractivity contribution >= 4 is 23.5 Å². The zero-order valence-corrected chi connectivity index (χ0v) is 12.4. The minimum Gasteiger partial charge on any atom is -0.325 e. The smallest absolute Gasteiger partial charge is 0.321 e. The molecule has 1 saturated heterocycles. The molecule has 0 aliphatic carbocycles. The van der Waals surface area contributed by atoms with Gasteiger partial charge < -0.3 is 10.2 Å². The molecule has 0 aromatic heterocycles. The first-order valence-corrected chi connectivity index (χ1v) is 7.86. The number of nitriles is 1. The molecule has 1 aliphatic rings. The summed E-state index contributed by atoms with van der Waals surface area (Å²) < 4.78 is 0. The molecular weight excluding hydrogens is 270 g/mol. The van der Waals surface area contributed by atoms with Crippen LogP contribution in [0.4, 0.5) is 10.5 Å². The molecule has 1 aliphatic heterocycles. The summed E-state index contributed by atoms with van der Waals surface area (Å²) in [6.45, 7) is 3.58. The second-order valence-corrected chi connectivity index (χ2v) is 6.02. The summed E-state index contributed by atoms with van der Waals surface area (Å²) in [5.41, 5.74) is 0.833. The summed E-state index contributed by atoms with van der Waals surface area (Å²) in [6.07, 6.45) is 2.17. The molecule has 1 aromatic rings. The summed E-state index contributed by atoms with van der Waals surface area (Å²) in [5, 5.41) is 11.8. The van der Waals surface area contributed by atoms with Gasteiger partial charge in [0.2, 0.25) is 0 Å². The first-order valence-electron chi connectivity index (χ1n) is 6.88. The van der Waals surface area contributed by atoms with E-state index in [0.29, 0.717) is 0 Å². The van der Waals surface area contributed by atoms with Gasteiger partial charge in [0.25, 0.3) is 0 Å². The quantitative estimate of drug-likeness (QED) is 0.862. The van der Waals surface area contributed by atoms with Crippen molar-refractivity contribution in [1.29, 1.82) is 5.26 Å². The van der Waals surface area contributed by atoms with Crippen LogP contribution < -0.4 is 5.32 Å². The van der Waals surface area contributed by atoms with Gasteiger partial charge in [-0.15, -0.1) is 11.8 Å². The lowest BCUT2D eigenvalue weighted by molar-refractivity contribution is 0.222. The van der Waals surface area contributed by atoms with Crippen LogP contribution in [-0.4, -0.2) is 29.8 Å². The zero-order chi connectivity index (χ0) is 14.4. The minimum absolute atomic E-state index is 0.00217. The van der Waals surface area contributed by atoms with Gasteiger partial charge in [-0.3, -0.25) is 0 Å². The third-order valence-electron chi connectivity index (χ3n) is 3.23. The van der Waals surface area contributed by atoms with Gasteiger partial charge in [-0.05, 0) is 31.9 Å². The van der Waals surface area contributed by atoms with Crippen LogP contribution in [0.2, 0.25) is 0 Å².